The molecule has 0 aliphatic heterocycles. The highest BCUT2D eigenvalue weighted by atomic mass is 32.1. The van der Waals surface area contributed by atoms with Crippen LogP contribution in [0, 0.1) is 0 Å². The molecule has 114 heavy (non-hydrogen) atoms. The Bertz CT molecular complexity index is 8030. The van der Waals surface area contributed by atoms with Gasteiger partial charge in [0.25, 0.3) is 0 Å². The van der Waals surface area contributed by atoms with Crippen LogP contribution in [0.1, 0.15) is 0 Å². The number of para-hydroxylation sites is 5. The molecule has 24 aromatic rings. The summed E-state index contributed by atoms with van der Waals surface area (Å²) in [5.41, 5.74) is 21.8. The van der Waals surface area contributed by atoms with Gasteiger partial charge in [0.2, 0.25) is 0 Å². The summed E-state index contributed by atoms with van der Waals surface area (Å²) < 4.78 is 25.7. The molecule has 0 fully saturated rings. The van der Waals surface area contributed by atoms with E-state index in [0.29, 0.717) is 34.9 Å². The first-order chi connectivity index (χ1) is 56.4. The molecule has 0 N–H and O–H groups in total. The molecule has 0 aliphatic carbocycles. The third-order valence-electron chi connectivity index (χ3n) is 22.1. The van der Waals surface area contributed by atoms with Crippen LogP contribution in [0.4, 0.5) is 0 Å². The van der Waals surface area contributed by atoms with Gasteiger partial charge in [-0.15, -0.1) is 11.3 Å². The fraction of sp³-hybridized carbons (Fsp3) is 0. The van der Waals surface area contributed by atoms with Crippen molar-refractivity contribution in [1.29, 1.82) is 0 Å². The number of fused-ring (bicyclic) bond motifs is 18. The number of furan rings is 3. The van der Waals surface area contributed by atoms with Crippen LogP contribution in [0.2, 0.25) is 0 Å². The van der Waals surface area contributed by atoms with E-state index >= 15 is 0 Å². The van der Waals surface area contributed by atoms with Crippen LogP contribution < -0.4 is 0 Å². The fourth-order valence-corrected chi connectivity index (χ4v) is 17.9. The van der Waals surface area contributed by atoms with Crippen LogP contribution in [0.25, 0.3) is 232 Å². The van der Waals surface area contributed by atoms with Crippen LogP contribution >= 0.6 is 11.3 Å². The lowest BCUT2D eigenvalue weighted by atomic mass is 10.0. The first-order valence-electron chi connectivity index (χ1n) is 38.0. The van der Waals surface area contributed by atoms with E-state index in [1.165, 1.54) is 41.7 Å². The lowest BCUT2D eigenvalue weighted by molar-refractivity contribution is 0.668. The summed E-state index contributed by atoms with van der Waals surface area (Å²) in [7, 11) is 0. The van der Waals surface area contributed by atoms with Gasteiger partial charge in [-0.25, -0.2) is 29.9 Å². The van der Waals surface area contributed by atoms with Gasteiger partial charge in [-0.05, 0) is 138 Å². The van der Waals surface area contributed by atoms with Crippen molar-refractivity contribution in [3.8, 4) is 102 Å². The average Bonchev–Trinajstić information content (AvgIpc) is 1.60. The van der Waals surface area contributed by atoms with Crippen molar-refractivity contribution in [2.24, 2.45) is 0 Å². The first-order valence-corrected chi connectivity index (χ1v) is 38.8. The molecular formula is C102H60N8O3S. The van der Waals surface area contributed by atoms with E-state index < -0.39 is 0 Å². The number of thiophene rings is 1. The number of aromatic nitrogens is 8. The van der Waals surface area contributed by atoms with Crippen molar-refractivity contribution in [2.75, 3.05) is 0 Å². The molecule has 11 nitrogen and oxygen atoms in total. The van der Waals surface area contributed by atoms with Gasteiger partial charge in [-0.2, -0.15) is 0 Å². The Balaban J connectivity index is 0.000000135. The second kappa shape index (κ2) is 26.2. The predicted octanol–water partition coefficient (Wildman–Crippen LogP) is 27.3. The number of hydrogen-bond acceptors (Lipinski definition) is 10. The highest BCUT2D eigenvalue weighted by Crippen LogP contribution is 2.44. The molecule has 8 heterocycles. The third-order valence-corrected chi connectivity index (χ3v) is 23.2. The summed E-state index contributed by atoms with van der Waals surface area (Å²) in [6.07, 6.45) is 0. The first kappa shape index (κ1) is 64.7. The zero-order valence-electron chi connectivity index (χ0n) is 60.9. The molecular weight excluding hydrogens is 1420 g/mol. The summed E-state index contributed by atoms with van der Waals surface area (Å²) in [5, 5.41) is 13.8. The summed E-state index contributed by atoms with van der Waals surface area (Å²) in [6.45, 7) is 0. The van der Waals surface area contributed by atoms with Crippen LogP contribution in [0.3, 0.4) is 0 Å². The van der Waals surface area contributed by atoms with E-state index in [-0.39, 0.29) is 0 Å². The summed E-state index contributed by atoms with van der Waals surface area (Å²) in [5.74, 6) is 3.70. The number of rotatable bonds is 10. The maximum Gasteiger partial charge on any atom is 0.164 e. The quantitative estimate of drug-likeness (QED) is 0.131. The largest absolute Gasteiger partial charge is 0.456 e. The monoisotopic (exact) mass is 1480 g/mol. The maximum atomic E-state index is 6.26. The molecule has 24 rings (SSSR count). The van der Waals surface area contributed by atoms with Gasteiger partial charge in [0, 0.05) is 119 Å². The van der Waals surface area contributed by atoms with E-state index in [4.69, 9.17) is 43.2 Å². The van der Waals surface area contributed by atoms with Crippen molar-refractivity contribution < 1.29 is 13.3 Å². The zero-order valence-corrected chi connectivity index (χ0v) is 61.7. The number of benzene rings is 16. The fourth-order valence-electron chi connectivity index (χ4n) is 16.8. The van der Waals surface area contributed by atoms with Gasteiger partial charge in [0.1, 0.15) is 33.5 Å². The average molecular weight is 1480 g/mol. The van der Waals surface area contributed by atoms with Crippen molar-refractivity contribution >= 4 is 141 Å². The topological polar surface area (TPSA) is 127 Å². The van der Waals surface area contributed by atoms with Crippen molar-refractivity contribution in [3.05, 3.63) is 364 Å². The van der Waals surface area contributed by atoms with Crippen molar-refractivity contribution in [3.63, 3.8) is 0 Å². The Kier molecular flexibility index (Phi) is 14.9. The Morgan fingerprint density at radius 2 is 0.535 bits per heavy atom. The maximum absolute atomic E-state index is 6.26. The Morgan fingerprint density at radius 1 is 0.193 bits per heavy atom. The molecule has 0 spiro atoms. The lowest BCUT2D eigenvalue weighted by Gasteiger charge is -2.12. The van der Waals surface area contributed by atoms with E-state index in [1.807, 2.05) is 97.1 Å². The molecule has 16 aromatic carbocycles. The highest BCUT2D eigenvalue weighted by Gasteiger charge is 2.23. The molecule has 0 unspecified atom stereocenters. The molecule has 8 aromatic heterocycles. The molecule has 0 aliphatic rings. The van der Waals surface area contributed by atoms with Gasteiger partial charge in [0.15, 0.2) is 34.9 Å². The predicted molar refractivity (Wildman–Crippen MR) is 467 cm³/mol. The standard InChI is InChI=1S/C51H30N4O2.C51H30N4OS/c1-2-11-31(12-3-1)49-52-50(54-51(53-49)35-22-25-41-39-16-5-8-19-45(39)57-48(41)30-35)34-13-10-14-36(27-34)55-43-18-7-4-15-37(43)38-24-21-33(29-44(38)55)32-23-26-47-42(28-32)40-17-6-9-20-46(40)56-47;1-2-12-31(13-3-1)49-52-50(54-51(53-49)40-19-11-23-47-48(40)39-18-6-9-22-46(39)57-47)34-14-10-15-35(28-34)55-42-20-7-4-16-36(42)37-26-24-33(30-43(37)55)32-25-27-45-41(29-32)38-17-5-8-21-44(38)56-45/h2*1-30H. The summed E-state index contributed by atoms with van der Waals surface area (Å²) in [4.78, 5) is 30.7. The number of hydrogen-bond donors (Lipinski definition) is 0. The molecule has 0 radical (unpaired) electrons. The van der Waals surface area contributed by atoms with Crippen LogP contribution in [-0.2, 0) is 0 Å². The normalized spacial score (nSPS) is 11.9. The van der Waals surface area contributed by atoms with Crippen LogP contribution in [0.15, 0.2) is 377 Å². The minimum absolute atomic E-state index is 0.579. The zero-order chi connectivity index (χ0) is 74.9. The van der Waals surface area contributed by atoms with Gasteiger partial charge >= 0.3 is 0 Å². The van der Waals surface area contributed by atoms with Gasteiger partial charge < -0.3 is 22.4 Å². The SMILES string of the molecule is c1ccc(-c2nc(-c3cccc(-n4c5ccccc5c5ccc(-c6ccc7oc8ccccc8c7c6)cc54)c3)nc(-c3ccc4c(c3)oc3ccccc34)n2)cc1.c1ccc(-c2nc(-c3cccc(-n4c5ccccc5c5ccc(-c6ccc7oc8ccccc8c7c6)cc54)c3)nc(-c3cccc4sc5ccccc5c34)n2)cc1. The molecule has 0 bridgehead atoms. The highest BCUT2D eigenvalue weighted by molar-refractivity contribution is 7.26. The minimum Gasteiger partial charge on any atom is -0.456 e. The third kappa shape index (κ3) is 10.9. The Morgan fingerprint density at radius 3 is 1.06 bits per heavy atom. The van der Waals surface area contributed by atoms with Crippen molar-refractivity contribution in [1.82, 2.24) is 39.0 Å². The Labute approximate surface area is 654 Å². The van der Waals surface area contributed by atoms with E-state index in [2.05, 4.69) is 276 Å². The molecule has 0 saturated carbocycles. The summed E-state index contributed by atoms with van der Waals surface area (Å²) in [6, 6.07) is 127. The van der Waals surface area contributed by atoms with Gasteiger partial charge in [0.05, 0.1) is 22.1 Å². The van der Waals surface area contributed by atoms with Gasteiger partial charge in [-0.1, -0.05) is 249 Å². The van der Waals surface area contributed by atoms with E-state index in [0.717, 1.165) is 155 Å². The van der Waals surface area contributed by atoms with Crippen LogP contribution in [0.5, 0.6) is 0 Å². The molecule has 0 atom stereocenters. The lowest BCUT2D eigenvalue weighted by Crippen LogP contribution is -2.01. The second-order valence-corrected chi connectivity index (χ2v) is 29.9. The Hall–Kier alpha value is -15.2. The van der Waals surface area contributed by atoms with Crippen LogP contribution in [-0.4, -0.2) is 39.0 Å². The van der Waals surface area contributed by atoms with E-state index in [1.54, 1.807) is 11.3 Å². The molecule has 12 heteroatoms. The molecule has 532 valence electrons. The minimum atomic E-state index is 0.579. The molecule has 0 saturated heterocycles. The summed E-state index contributed by atoms with van der Waals surface area (Å²) >= 11 is 1.80. The van der Waals surface area contributed by atoms with Gasteiger partial charge in [-0.3, -0.25) is 0 Å². The van der Waals surface area contributed by atoms with Crippen molar-refractivity contribution in [2.45, 2.75) is 0 Å². The number of nitrogens with zero attached hydrogens (tertiary/aromatic N) is 8. The molecule has 0 amide bonds. The second-order valence-electron chi connectivity index (χ2n) is 28.8. The van der Waals surface area contributed by atoms with E-state index in [9.17, 15) is 0 Å². The smallest absolute Gasteiger partial charge is 0.164 e.